The van der Waals surface area contributed by atoms with Crippen LogP contribution in [0.15, 0.2) is 69.6 Å². The van der Waals surface area contributed by atoms with Gasteiger partial charge in [-0.1, -0.05) is 38.1 Å². The molecule has 0 atom stereocenters. The Kier molecular flexibility index (Phi) is 7.98. The number of hydrogen-bond donors (Lipinski definition) is 2. The maximum Gasteiger partial charge on any atom is 0.289 e. The van der Waals surface area contributed by atoms with Crippen molar-refractivity contribution in [3.8, 4) is 11.5 Å². The average molecular weight is 572 g/mol. The molecule has 206 valence electrons. The predicted molar refractivity (Wildman–Crippen MR) is 149 cm³/mol. The van der Waals surface area contributed by atoms with Crippen LogP contribution in [0.2, 0.25) is 0 Å². The van der Waals surface area contributed by atoms with Gasteiger partial charge in [-0.3, -0.25) is 4.79 Å². The lowest BCUT2D eigenvalue weighted by Crippen LogP contribution is -2.23. The van der Waals surface area contributed by atoms with Crippen molar-refractivity contribution >= 4 is 48.1 Å². The highest BCUT2D eigenvalue weighted by Crippen LogP contribution is 2.38. The monoisotopic (exact) mass is 571 g/mol. The summed E-state index contributed by atoms with van der Waals surface area (Å²) in [7, 11) is -6.87. The summed E-state index contributed by atoms with van der Waals surface area (Å²) in [5, 5.41) is 15.2. The third kappa shape index (κ3) is 5.34. The molecule has 0 spiro atoms. The first-order valence-electron chi connectivity index (χ1n) is 12.3. The summed E-state index contributed by atoms with van der Waals surface area (Å²) in [6.07, 6.45) is 3.14. The van der Waals surface area contributed by atoms with Gasteiger partial charge in [-0.05, 0) is 42.5 Å². The van der Waals surface area contributed by atoms with Gasteiger partial charge in [0, 0.05) is 17.1 Å². The van der Waals surface area contributed by atoms with Gasteiger partial charge in [0.2, 0.25) is 0 Å². The van der Waals surface area contributed by atoms with Gasteiger partial charge in [0.25, 0.3) is 5.91 Å². The number of nitrogens with one attached hydrogen (secondary N) is 1. The first kappa shape index (κ1) is 28.1. The molecule has 0 radical (unpaired) electrons. The second kappa shape index (κ2) is 11.1. The fourth-order valence-corrected chi connectivity index (χ4v) is 8.46. The van der Waals surface area contributed by atoms with Crippen molar-refractivity contribution in [1.82, 2.24) is 9.83 Å². The zero-order valence-electron chi connectivity index (χ0n) is 21.7. The molecular weight excluding hydrogens is 542 g/mol. The van der Waals surface area contributed by atoms with E-state index in [1.807, 2.05) is 0 Å². The minimum Gasteiger partial charge on any atom is -0.507 e. The van der Waals surface area contributed by atoms with Gasteiger partial charge in [0.15, 0.2) is 19.7 Å². The number of phenols is 1. The number of ether oxygens (including phenoxy) is 1. The molecule has 4 aromatic rings. The number of fused-ring (bicyclic) bond motifs is 3. The van der Waals surface area contributed by atoms with Crippen molar-refractivity contribution < 1.29 is 31.5 Å². The maximum atomic E-state index is 13.6. The number of hydrazone groups is 1. The second-order valence-electron chi connectivity index (χ2n) is 8.89. The summed E-state index contributed by atoms with van der Waals surface area (Å²) in [4.78, 5) is 12.7. The lowest BCUT2D eigenvalue weighted by atomic mass is 10.1. The van der Waals surface area contributed by atoms with Crippen molar-refractivity contribution in [2.45, 2.75) is 36.5 Å². The lowest BCUT2D eigenvalue weighted by Gasteiger charge is -2.09. The molecule has 2 heterocycles. The van der Waals surface area contributed by atoms with Crippen LogP contribution in [0.25, 0.3) is 16.3 Å². The van der Waals surface area contributed by atoms with Crippen LogP contribution >= 0.6 is 0 Å². The van der Waals surface area contributed by atoms with Gasteiger partial charge < -0.3 is 14.2 Å². The number of benzene rings is 2. The minimum atomic E-state index is -4.21. The first-order valence-corrected chi connectivity index (χ1v) is 15.6. The number of hydrogen-bond acceptors (Lipinski definition) is 8. The summed E-state index contributed by atoms with van der Waals surface area (Å²) in [5.74, 6) is -1.24. The van der Waals surface area contributed by atoms with Gasteiger partial charge in [-0.25, -0.2) is 22.3 Å². The smallest absolute Gasteiger partial charge is 0.289 e. The number of carbonyl (C=O) groups is 1. The normalized spacial score (nSPS) is 12.4. The number of sulfone groups is 2. The summed E-state index contributed by atoms with van der Waals surface area (Å²) in [6.45, 7) is 3.35. The zero-order chi connectivity index (χ0) is 28.4. The number of rotatable bonds is 10. The third-order valence-electron chi connectivity index (χ3n) is 6.12. The SMILES string of the molecule is CCCS(=O)(=O)c1c(S(=O)(=O)CCC)c2c3ccccc3ccn2c1C(=O)N/N=C/c1cc(OC)ccc1O. The highest BCUT2D eigenvalue weighted by atomic mass is 32.2. The van der Waals surface area contributed by atoms with Crippen molar-refractivity contribution in [2.75, 3.05) is 18.6 Å². The van der Waals surface area contributed by atoms with E-state index in [0.29, 0.717) is 16.5 Å². The van der Waals surface area contributed by atoms with Crippen molar-refractivity contribution in [1.29, 1.82) is 0 Å². The van der Waals surface area contributed by atoms with Gasteiger partial charge >= 0.3 is 0 Å². The molecule has 0 bridgehead atoms. The molecule has 12 heteroatoms. The third-order valence-corrected chi connectivity index (χ3v) is 10.2. The summed E-state index contributed by atoms with van der Waals surface area (Å²) >= 11 is 0. The van der Waals surface area contributed by atoms with Crippen LogP contribution in [0.1, 0.15) is 42.7 Å². The van der Waals surface area contributed by atoms with Crippen LogP contribution in [0, 0.1) is 0 Å². The summed E-state index contributed by atoms with van der Waals surface area (Å²) in [5.41, 5.74) is 2.31. The fourth-order valence-electron chi connectivity index (χ4n) is 4.47. The van der Waals surface area contributed by atoms with E-state index in [1.165, 1.54) is 36.1 Å². The highest BCUT2D eigenvalue weighted by molar-refractivity contribution is 7.94. The van der Waals surface area contributed by atoms with Crippen molar-refractivity contribution in [2.24, 2.45) is 5.10 Å². The van der Waals surface area contributed by atoms with E-state index in [1.54, 1.807) is 50.2 Å². The Hall–Kier alpha value is -3.90. The molecule has 0 aliphatic rings. The highest BCUT2D eigenvalue weighted by Gasteiger charge is 2.37. The van der Waals surface area contributed by atoms with Crippen LogP contribution in [-0.2, 0) is 19.7 Å². The Labute approximate surface area is 226 Å². The molecule has 2 aromatic heterocycles. The van der Waals surface area contributed by atoms with E-state index < -0.39 is 30.5 Å². The number of methoxy groups -OCH3 is 1. The molecule has 0 saturated heterocycles. The topological polar surface area (TPSA) is 144 Å². The molecule has 1 amide bonds. The number of phenolic OH excluding ortho intramolecular Hbond substituents is 1. The van der Waals surface area contributed by atoms with Crippen LogP contribution in [-0.4, -0.2) is 57.1 Å². The van der Waals surface area contributed by atoms with E-state index in [-0.39, 0.29) is 51.8 Å². The van der Waals surface area contributed by atoms with Crippen molar-refractivity contribution in [3.05, 3.63) is 66.0 Å². The predicted octanol–water partition coefficient (Wildman–Crippen LogP) is 3.94. The van der Waals surface area contributed by atoms with Gasteiger partial charge in [0.05, 0.1) is 30.3 Å². The molecule has 0 aliphatic heterocycles. The van der Waals surface area contributed by atoms with Crippen LogP contribution in [0.5, 0.6) is 11.5 Å². The van der Waals surface area contributed by atoms with E-state index >= 15 is 0 Å². The molecule has 4 rings (SSSR count). The Balaban J connectivity index is 1.99. The Morgan fingerprint density at radius 3 is 2.33 bits per heavy atom. The molecule has 39 heavy (non-hydrogen) atoms. The Morgan fingerprint density at radius 2 is 1.67 bits per heavy atom. The quantitative estimate of drug-likeness (QED) is 0.217. The van der Waals surface area contributed by atoms with Gasteiger partial charge in [0.1, 0.15) is 27.0 Å². The van der Waals surface area contributed by atoms with Crippen molar-refractivity contribution in [3.63, 3.8) is 0 Å². The number of carbonyl (C=O) groups excluding carboxylic acids is 1. The molecule has 2 N–H and O–H groups in total. The lowest BCUT2D eigenvalue weighted by molar-refractivity contribution is 0.0945. The van der Waals surface area contributed by atoms with E-state index in [0.717, 1.165) is 0 Å². The molecule has 0 saturated carbocycles. The first-order chi connectivity index (χ1) is 18.6. The number of aromatic hydroxyl groups is 1. The van der Waals surface area contributed by atoms with E-state index in [9.17, 15) is 26.7 Å². The van der Waals surface area contributed by atoms with Crippen LogP contribution in [0.3, 0.4) is 0 Å². The maximum absolute atomic E-state index is 13.6. The van der Waals surface area contributed by atoms with Gasteiger partial charge in [-0.2, -0.15) is 5.10 Å². The Bertz CT molecular complexity index is 1810. The molecular formula is C27H29N3O7S2. The summed E-state index contributed by atoms with van der Waals surface area (Å²) in [6, 6.07) is 13.1. The van der Waals surface area contributed by atoms with E-state index in [4.69, 9.17) is 4.74 Å². The zero-order valence-corrected chi connectivity index (χ0v) is 23.3. The molecule has 0 unspecified atom stereocenters. The Morgan fingerprint density at radius 1 is 1.00 bits per heavy atom. The summed E-state index contributed by atoms with van der Waals surface area (Å²) < 4.78 is 60.9. The van der Waals surface area contributed by atoms with Gasteiger partial charge in [-0.15, -0.1) is 0 Å². The number of nitrogens with zero attached hydrogens (tertiary/aromatic N) is 2. The number of pyridine rings is 1. The van der Waals surface area contributed by atoms with Crippen LogP contribution < -0.4 is 10.2 Å². The second-order valence-corrected chi connectivity index (χ2v) is 13.0. The fraction of sp³-hybridized carbons (Fsp3) is 0.259. The standard InChI is InChI=1S/C27H29N3O7S2/c1-4-14-38(33,34)25-23-21-9-7-6-8-18(21)12-13-30(23)24(26(25)39(35,36)15-5-2)27(32)29-28-17-19-16-20(37-3)10-11-22(19)31/h6-13,16-17,31H,4-5,14-15H2,1-3H3,(H,29,32)/b28-17+. The average Bonchev–Trinajstić information content (AvgIpc) is 3.27. The largest absolute Gasteiger partial charge is 0.507 e. The van der Waals surface area contributed by atoms with Crippen LogP contribution in [0.4, 0.5) is 0 Å². The molecule has 0 aliphatic carbocycles. The number of aromatic nitrogens is 1. The molecule has 2 aromatic carbocycles. The number of amides is 1. The molecule has 10 nitrogen and oxygen atoms in total. The molecule has 0 fully saturated rings. The minimum absolute atomic E-state index is 0.118. The van der Waals surface area contributed by atoms with E-state index in [2.05, 4.69) is 10.5 Å².